The summed E-state index contributed by atoms with van der Waals surface area (Å²) in [7, 11) is -3.70. The first-order valence-electron chi connectivity index (χ1n) is 6.00. The van der Waals surface area contributed by atoms with E-state index in [-0.39, 0.29) is 15.4 Å². The monoisotopic (exact) mass is 294 g/mol. The van der Waals surface area contributed by atoms with Crippen molar-refractivity contribution in [1.29, 1.82) is 10.5 Å². The minimum Gasteiger partial charge on any atom is -0.218 e. The highest BCUT2D eigenvalue weighted by Crippen LogP contribution is 2.25. The van der Waals surface area contributed by atoms with Gasteiger partial charge in [-0.3, -0.25) is 0 Å². The van der Waals surface area contributed by atoms with Crippen molar-refractivity contribution in [3.8, 4) is 12.1 Å². The van der Waals surface area contributed by atoms with E-state index in [1.165, 1.54) is 24.3 Å². The van der Waals surface area contributed by atoms with Crippen molar-refractivity contribution in [3.63, 3.8) is 0 Å². The van der Waals surface area contributed by atoms with Gasteiger partial charge in [0.25, 0.3) is 0 Å². The molecule has 2 aromatic rings. The van der Waals surface area contributed by atoms with Crippen LogP contribution in [0.25, 0.3) is 6.08 Å². The lowest BCUT2D eigenvalue weighted by molar-refractivity contribution is 0.596. The van der Waals surface area contributed by atoms with Crippen LogP contribution in [-0.2, 0) is 9.84 Å². The maximum absolute atomic E-state index is 12.6. The zero-order chi connectivity index (χ0) is 15.3. The molecule has 102 valence electrons. The highest BCUT2D eigenvalue weighted by Gasteiger charge is 2.20. The fourth-order valence-electron chi connectivity index (χ4n) is 1.82. The molecule has 2 aromatic carbocycles. The summed E-state index contributed by atoms with van der Waals surface area (Å²) in [5.74, 6) is 0. The van der Waals surface area contributed by atoms with Crippen LogP contribution >= 0.6 is 0 Å². The molecule has 5 heteroatoms. The van der Waals surface area contributed by atoms with Gasteiger partial charge in [0.1, 0.15) is 17.7 Å². The minimum absolute atomic E-state index is 0.0687. The molecule has 0 unspecified atom stereocenters. The van der Waals surface area contributed by atoms with E-state index < -0.39 is 9.84 Å². The lowest BCUT2D eigenvalue weighted by Gasteiger charge is -2.07. The van der Waals surface area contributed by atoms with Crippen LogP contribution in [0.5, 0.6) is 0 Å². The highest BCUT2D eigenvalue weighted by molar-refractivity contribution is 7.91. The maximum atomic E-state index is 12.6. The van der Waals surface area contributed by atoms with Gasteiger partial charge in [0.05, 0.1) is 9.79 Å². The van der Waals surface area contributed by atoms with Crippen LogP contribution in [0.15, 0.2) is 70.0 Å². The Morgan fingerprint density at radius 1 is 0.905 bits per heavy atom. The zero-order valence-electron chi connectivity index (χ0n) is 10.9. The third kappa shape index (κ3) is 3.00. The first kappa shape index (κ1) is 14.5. The Balaban J connectivity index is 2.65. The molecule has 0 aromatic heterocycles. The second kappa shape index (κ2) is 6.04. The quantitative estimate of drug-likeness (QED) is 0.815. The Hall–Kier alpha value is -2.89. The van der Waals surface area contributed by atoms with E-state index in [0.29, 0.717) is 5.56 Å². The first-order chi connectivity index (χ1) is 10.1. The fraction of sp³-hybridized carbons (Fsp3) is 0. The van der Waals surface area contributed by atoms with Crippen LogP contribution in [0.4, 0.5) is 0 Å². The molecule has 0 atom stereocenters. The van der Waals surface area contributed by atoms with E-state index in [1.807, 2.05) is 0 Å². The number of rotatable bonds is 3. The summed E-state index contributed by atoms with van der Waals surface area (Å²) in [6, 6.07) is 17.7. The number of benzene rings is 2. The zero-order valence-corrected chi connectivity index (χ0v) is 11.7. The summed E-state index contributed by atoms with van der Waals surface area (Å²) >= 11 is 0. The maximum Gasteiger partial charge on any atom is 0.207 e. The number of allylic oxidation sites excluding steroid dienone is 1. The summed E-state index contributed by atoms with van der Waals surface area (Å²) in [5, 5.41) is 17.6. The van der Waals surface area contributed by atoms with Gasteiger partial charge in [-0.05, 0) is 29.8 Å². The van der Waals surface area contributed by atoms with E-state index >= 15 is 0 Å². The van der Waals surface area contributed by atoms with Gasteiger partial charge in [0.2, 0.25) is 9.84 Å². The molecule has 2 rings (SSSR count). The lowest BCUT2D eigenvalue weighted by Crippen LogP contribution is -2.03. The Kier molecular flexibility index (Phi) is 4.18. The van der Waals surface area contributed by atoms with Crippen LogP contribution in [-0.4, -0.2) is 8.42 Å². The van der Waals surface area contributed by atoms with Gasteiger partial charge in [0, 0.05) is 0 Å². The van der Waals surface area contributed by atoms with E-state index in [2.05, 4.69) is 0 Å². The van der Waals surface area contributed by atoms with Gasteiger partial charge in [-0.1, -0.05) is 36.4 Å². The van der Waals surface area contributed by atoms with Crippen molar-refractivity contribution in [2.75, 3.05) is 0 Å². The van der Waals surface area contributed by atoms with Crippen molar-refractivity contribution in [2.45, 2.75) is 9.79 Å². The second-order valence-electron chi connectivity index (χ2n) is 4.14. The Labute approximate surface area is 123 Å². The molecular formula is C16H10N2O2S. The summed E-state index contributed by atoms with van der Waals surface area (Å²) in [6.45, 7) is 0. The number of hydrogen-bond acceptors (Lipinski definition) is 4. The van der Waals surface area contributed by atoms with Crippen LogP contribution in [0.2, 0.25) is 0 Å². The molecule has 0 aliphatic heterocycles. The number of nitrogens with zero attached hydrogens (tertiary/aromatic N) is 2. The third-order valence-corrected chi connectivity index (χ3v) is 4.65. The lowest BCUT2D eigenvalue weighted by atomic mass is 10.1. The molecule has 0 aliphatic rings. The second-order valence-corrected chi connectivity index (χ2v) is 6.05. The SMILES string of the molecule is N#CC(C#N)=Cc1ccccc1S(=O)(=O)c1ccccc1. The molecule has 0 heterocycles. The first-order valence-corrected chi connectivity index (χ1v) is 7.49. The number of sulfone groups is 1. The largest absolute Gasteiger partial charge is 0.218 e. The van der Waals surface area contributed by atoms with Gasteiger partial charge in [0.15, 0.2) is 0 Å². The molecule has 0 fully saturated rings. The smallest absolute Gasteiger partial charge is 0.207 e. The average molecular weight is 294 g/mol. The molecule has 0 saturated carbocycles. The van der Waals surface area contributed by atoms with E-state index in [9.17, 15) is 8.42 Å². The van der Waals surface area contributed by atoms with E-state index in [4.69, 9.17) is 10.5 Å². The van der Waals surface area contributed by atoms with Crippen LogP contribution < -0.4 is 0 Å². The number of nitriles is 2. The molecule has 0 aliphatic carbocycles. The van der Waals surface area contributed by atoms with Gasteiger partial charge < -0.3 is 0 Å². The van der Waals surface area contributed by atoms with Crippen LogP contribution in [0.3, 0.4) is 0 Å². The molecule has 4 nitrogen and oxygen atoms in total. The highest BCUT2D eigenvalue weighted by atomic mass is 32.2. The summed E-state index contributed by atoms with van der Waals surface area (Å²) < 4.78 is 25.2. The molecule has 0 amide bonds. The van der Waals surface area contributed by atoms with E-state index in [1.54, 1.807) is 48.5 Å². The Morgan fingerprint density at radius 2 is 1.48 bits per heavy atom. The Bertz CT molecular complexity index is 854. The third-order valence-electron chi connectivity index (χ3n) is 2.80. The van der Waals surface area contributed by atoms with Crippen molar-refractivity contribution in [2.24, 2.45) is 0 Å². The van der Waals surface area contributed by atoms with E-state index in [0.717, 1.165) is 0 Å². The molecule has 21 heavy (non-hydrogen) atoms. The number of hydrogen-bond donors (Lipinski definition) is 0. The van der Waals surface area contributed by atoms with Crippen molar-refractivity contribution in [3.05, 3.63) is 65.7 Å². The van der Waals surface area contributed by atoms with Crippen LogP contribution in [0, 0.1) is 22.7 Å². The Morgan fingerprint density at radius 3 is 2.10 bits per heavy atom. The standard InChI is InChI=1S/C16H10N2O2S/c17-11-13(12-18)10-14-6-4-5-9-16(14)21(19,20)15-7-2-1-3-8-15/h1-10H. The molecule has 0 bridgehead atoms. The summed E-state index contributed by atoms with van der Waals surface area (Å²) in [6.07, 6.45) is 1.27. The molecular weight excluding hydrogens is 284 g/mol. The minimum atomic E-state index is -3.70. The van der Waals surface area contributed by atoms with Gasteiger partial charge in [-0.15, -0.1) is 0 Å². The van der Waals surface area contributed by atoms with Crippen LogP contribution in [0.1, 0.15) is 5.56 Å². The predicted molar refractivity (Wildman–Crippen MR) is 77.5 cm³/mol. The molecule has 0 saturated heterocycles. The fourth-order valence-corrected chi connectivity index (χ4v) is 3.28. The molecule has 0 spiro atoms. The topological polar surface area (TPSA) is 81.7 Å². The predicted octanol–water partition coefficient (Wildman–Crippen LogP) is 2.95. The average Bonchev–Trinajstić information content (AvgIpc) is 2.53. The van der Waals surface area contributed by atoms with Crippen molar-refractivity contribution in [1.82, 2.24) is 0 Å². The van der Waals surface area contributed by atoms with Crippen molar-refractivity contribution < 1.29 is 8.42 Å². The summed E-state index contributed by atoms with van der Waals surface area (Å²) in [4.78, 5) is 0.237. The van der Waals surface area contributed by atoms with Gasteiger partial charge in [-0.2, -0.15) is 10.5 Å². The van der Waals surface area contributed by atoms with Gasteiger partial charge >= 0.3 is 0 Å². The summed E-state index contributed by atoms with van der Waals surface area (Å²) in [5.41, 5.74) is 0.171. The normalized spacial score (nSPS) is 10.2. The van der Waals surface area contributed by atoms with Crippen molar-refractivity contribution >= 4 is 15.9 Å². The molecule has 0 radical (unpaired) electrons. The van der Waals surface area contributed by atoms with Gasteiger partial charge in [-0.25, -0.2) is 8.42 Å². The molecule has 0 N–H and O–H groups in total.